The average molecular weight is 398 g/mol. The zero-order valence-electron chi connectivity index (χ0n) is 14.4. The fourth-order valence-electron chi connectivity index (χ4n) is 2.29. The first-order valence-corrected chi connectivity index (χ1v) is 9.31. The molecule has 10 heteroatoms. The van der Waals surface area contributed by atoms with Crippen molar-refractivity contribution in [2.45, 2.75) is 13.3 Å². The number of aromatic nitrogens is 3. The van der Waals surface area contributed by atoms with E-state index in [4.69, 9.17) is 15.4 Å². The summed E-state index contributed by atoms with van der Waals surface area (Å²) in [6.45, 7) is 1.73. The lowest BCUT2D eigenvalue weighted by molar-refractivity contribution is 0.102. The number of carbonyl (C=O) groups is 1. The molecular weight excluding hydrogens is 384 g/mol. The molecule has 0 saturated heterocycles. The fourth-order valence-corrected chi connectivity index (χ4v) is 3.85. The van der Waals surface area contributed by atoms with Gasteiger partial charge in [0.25, 0.3) is 5.91 Å². The number of anilines is 1. The minimum Gasteiger partial charge on any atom is -0.481 e. The number of methoxy groups -OCH3 is 1. The number of carbonyl (C=O) groups excluding carboxylic acids is 1. The Kier molecular flexibility index (Phi) is 5.54. The van der Waals surface area contributed by atoms with Gasteiger partial charge < -0.3 is 15.5 Å². The summed E-state index contributed by atoms with van der Waals surface area (Å²) in [6.07, 6.45) is 3.21. The summed E-state index contributed by atoms with van der Waals surface area (Å²) < 4.78 is 9.22. The van der Waals surface area contributed by atoms with Gasteiger partial charge in [-0.25, -0.2) is 9.97 Å². The van der Waals surface area contributed by atoms with Crippen molar-refractivity contribution in [1.29, 1.82) is 10.7 Å². The van der Waals surface area contributed by atoms with Crippen molar-refractivity contribution in [3.05, 3.63) is 50.5 Å². The normalized spacial score (nSPS) is 10.3. The zero-order valence-corrected chi connectivity index (χ0v) is 16.1. The molecule has 0 bridgehead atoms. The van der Waals surface area contributed by atoms with E-state index in [0.717, 1.165) is 11.5 Å². The minimum atomic E-state index is -0.357. The van der Waals surface area contributed by atoms with E-state index in [1.807, 2.05) is 6.07 Å². The van der Waals surface area contributed by atoms with Crippen LogP contribution in [0.5, 0.6) is 5.88 Å². The van der Waals surface area contributed by atoms with Gasteiger partial charge in [-0.2, -0.15) is 9.64 Å². The van der Waals surface area contributed by atoms with E-state index >= 15 is 0 Å². The number of amides is 1. The van der Waals surface area contributed by atoms with Gasteiger partial charge in [-0.15, -0.1) is 11.3 Å². The lowest BCUT2D eigenvalue weighted by atomic mass is 10.1. The Morgan fingerprint density at radius 1 is 1.37 bits per heavy atom. The van der Waals surface area contributed by atoms with Gasteiger partial charge in [-0.05, 0) is 24.5 Å². The van der Waals surface area contributed by atoms with Crippen molar-refractivity contribution in [2.75, 3.05) is 12.4 Å². The van der Waals surface area contributed by atoms with Gasteiger partial charge in [0.05, 0.1) is 52.0 Å². The fraction of sp³-hybridized carbons (Fsp3) is 0.176. The number of aryl methyl sites for hydroxylation is 1. The third kappa shape index (κ3) is 4.16. The Hall–Kier alpha value is -3.16. The Balaban J connectivity index is 1.79. The molecule has 3 aromatic heterocycles. The molecular formula is C17H14N6O2S2. The summed E-state index contributed by atoms with van der Waals surface area (Å²) >= 11 is 2.34. The van der Waals surface area contributed by atoms with Gasteiger partial charge >= 0.3 is 0 Å². The van der Waals surface area contributed by atoms with Crippen LogP contribution < -0.4 is 10.1 Å². The summed E-state index contributed by atoms with van der Waals surface area (Å²) in [5.74, 6) is 0.0915. The number of thiazole rings is 1. The molecule has 0 aromatic carbocycles. The van der Waals surface area contributed by atoms with Crippen molar-refractivity contribution >= 4 is 40.2 Å². The van der Waals surface area contributed by atoms with E-state index < -0.39 is 0 Å². The SMILES string of the molecule is COc1ccc(NC(=O)c2c(C)nsc2C(=N)Cc2ncc(C#N)s2)cn1. The number of nitrogens with zero attached hydrogens (tertiary/aromatic N) is 4. The monoisotopic (exact) mass is 398 g/mol. The van der Waals surface area contributed by atoms with Crippen LogP contribution in [0.1, 0.15) is 30.8 Å². The Labute approximate surface area is 163 Å². The van der Waals surface area contributed by atoms with E-state index in [2.05, 4.69) is 19.7 Å². The van der Waals surface area contributed by atoms with E-state index in [1.165, 1.54) is 30.8 Å². The molecule has 0 aliphatic heterocycles. The molecule has 3 aromatic rings. The highest BCUT2D eigenvalue weighted by molar-refractivity contribution is 7.12. The van der Waals surface area contributed by atoms with E-state index in [1.54, 1.807) is 19.1 Å². The number of hydrogen-bond acceptors (Lipinski definition) is 9. The predicted octanol–water partition coefficient (Wildman–Crippen LogP) is 3.05. The lowest BCUT2D eigenvalue weighted by Gasteiger charge is -2.07. The summed E-state index contributed by atoms with van der Waals surface area (Å²) in [5, 5.41) is 20.7. The summed E-state index contributed by atoms with van der Waals surface area (Å²) in [6, 6.07) is 5.36. The van der Waals surface area contributed by atoms with Gasteiger partial charge in [-0.1, -0.05) is 0 Å². The van der Waals surface area contributed by atoms with Crippen LogP contribution in [0.2, 0.25) is 0 Å². The van der Waals surface area contributed by atoms with Crippen molar-refractivity contribution in [1.82, 2.24) is 14.3 Å². The molecule has 0 unspecified atom stereocenters. The molecule has 0 saturated carbocycles. The molecule has 0 atom stereocenters. The van der Waals surface area contributed by atoms with Crippen LogP contribution in [0.3, 0.4) is 0 Å². The lowest BCUT2D eigenvalue weighted by Crippen LogP contribution is -2.16. The second kappa shape index (κ2) is 8.03. The van der Waals surface area contributed by atoms with Gasteiger partial charge in [0.2, 0.25) is 5.88 Å². The molecule has 0 aliphatic rings. The molecule has 1 amide bonds. The molecule has 3 heterocycles. The first-order chi connectivity index (χ1) is 13.0. The Bertz CT molecular complexity index is 1030. The largest absolute Gasteiger partial charge is 0.481 e. The van der Waals surface area contributed by atoms with Crippen LogP contribution in [0.25, 0.3) is 0 Å². The van der Waals surface area contributed by atoms with E-state index in [9.17, 15) is 4.79 Å². The summed E-state index contributed by atoms with van der Waals surface area (Å²) in [7, 11) is 1.51. The number of hydrogen-bond donors (Lipinski definition) is 2. The third-order valence-corrected chi connectivity index (χ3v) is 5.46. The third-order valence-electron chi connectivity index (χ3n) is 3.56. The van der Waals surface area contributed by atoms with Crippen LogP contribution in [-0.2, 0) is 6.42 Å². The maximum atomic E-state index is 12.7. The molecule has 0 radical (unpaired) electrons. The number of ether oxygens (including phenoxy) is 1. The van der Waals surface area contributed by atoms with E-state index in [0.29, 0.717) is 37.6 Å². The number of nitriles is 1. The predicted molar refractivity (Wildman–Crippen MR) is 103 cm³/mol. The average Bonchev–Trinajstić information content (AvgIpc) is 3.28. The number of pyridine rings is 1. The van der Waals surface area contributed by atoms with Gasteiger partial charge in [0.1, 0.15) is 10.9 Å². The van der Waals surface area contributed by atoms with Crippen molar-refractivity contribution in [3.63, 3.8) is 0 Å². The van der Waals surface area contributed by atoms with Crippen molar-refractivity contribution in [2.24, 2.45) is 0 Å². The van der Waals surface area contributed by atoms with Crippen molar-refractivity contribution < 1.29 is 9.53 Å². The van der Waals surface area contributed by atoms with Crippen molar-refractivity contribution in [3.8, 4) is 11.9 Å². The molecule has 0 aliphatic carbocycles. The molecule has 3 rings (SSSR count). The van der Waals surface area contributed by atoms with Crippen LogP contribution in [0.15, 0.2) is 24.5 Å². The molecule has 0 fully saturated rings. The highest BCUT2D eigenvalue weighted by Gasteiger charge is 2.22. The Morgan fingerprint density at radius 3 is 2.81 bits per heavy atom. The standard InChI is InChI=1S/C17H14N6O2S2/c1-9-15(17(24)22-10-3-4-13(25-2)20-7-10)16(27-23-9)12(19)5-14-21-8-11(6-18)26-14/h3-4,7-8,19H,5H2,1-2H3,(H,22,24). The minimum absolute atomic E-state index is 0.234. The summed E-state index contributed by atoms with van der Waals surface area (Å²) in [5.41, 5.74) is 1.66. The van der Waals surface area contributed by atoms with Crippen LogP contribution >= 0.6 is 22.9 Å². The van der Waals surface area contributed by atoms with Gasteiger partial charge in [0.15, 0.2) is 0 Å². The quantitative estimate of drug-likeness (QED) is 0.615. The van der Waals surface area contributed by atoms with Crippen LogP contribution in [0, 0.1) is 23.7 Å². The Morgan fingerprint density at radius 2 is 2.19 bits per heavy atom. The molecule has 136 valence electrons. The zero-order chi connectivity index (χ0) is 19.4. The highest BCUT2D eigenvalue weighted by atomic mass is 32.1. The first kappa shape index (κ1) is 18.6. The van der Waals surface area contributed by atoms with Crippen LogP contribution in [-0.4, -0.2) is 33.1 Å². The van der Waals surface area contributed by atoms with E-state index in [-0.39, 0.29) is 18.0 Å². The smallest absolute Gasteiger partial charge is 0.259 e. The highest BCUT2D eigenvalue weighted by Crippen LogP contribution is 2.23. The number of rotatable bonds is 6. The molecule has 27 heavy (non-hydrogen) atoms. The van der Waals surface area contributed by atoms with Crippen LogP contribution in [0.4, 0.5) is 5.69 Å². The molecule has 2 N–H and O–H groups in total. The molecule has 8 nitrogen and oxygen atoms in total. The van der Waals surface area contributed by atoms with Gasteiger partial charge in [0, 0.05) is 12.5 Å². The van der Waals surface area contributed by atoms with Gasteiger partial charge in [-0.3, -0.25) is 4.79 Å². The summed E-state index contributed by atoms with van der Waals surface area (Å²) in [4.78, 5) is 21.9. The second-order valence-corrected chi connectivity index (χ2v) is 7.29. The maximum absolute atomic E-state index is 12.7. The maximum Gasteiger partial charge on any atom is 0.259 e. The topological polar surface area (TPSA) is 125 Å². The number of nitrogens with one attached hydrogen (secondary N) is 2. The molecule has 0 spiro atoms. The first-order valence-electron chi connectivity index (χ1n) is 7.72. The second-order valence-electron chi connectivity index (χ2n) is 5.40.